The molecule has 1 aromatic carbocycles. The highest BCUT2D eigenvalue weighted by atomic mass is 35.5. The van der Waals surface area contributed by atoms with Gasteiger partial charge in [-0.3, -0.25) is 0 Å². The van der Waals surface area contributed by atoms with Gasteiger partial charge in [-0.2, -0.15) is 0 Å². The van der Waals surface area contributed by atoms with Crippen LogP contribution in [-0.4, -0.2) is 19.8 Å². The van der Waals surface area contributed by atoms with E-state index in [1.807, 2.05) is 6.92 Å². The molecule has 0 aliphatic carbocycles. The lowest BCUT2D eigenvalue weighted by atomic mass is 10.3. The van der Waals surface area contributed by atoms with Gasteiger partial charge in [0.25, 0.3) is 0 Å². The van der Waals surface area contributed by atoms with E-state index in [0.717, 1.165) is 0 Å². The topological polar surface area (TPSA) is 44.5 Å². The number of benzene rings is 1. The van der Waals surface area contributed by atoms with Crippen molar-refractivity contribution in [2.45, 2.75) is 13.0 Å². The predicted octanol–water partition coefficient (Wildman–Crippen LogP) is 2.99. The molecule has 0 aliphatic rings. The molecule has 5 heteroatoms. The van der Waals surface area contributed by atoms with Crippen molar-refractivity contribution >= 4 is 28.9 Å². The van der Waals surface area contributed by atoms with Crippen molar-refractivity contribution in [2.75, 3.05) is 19.5 Å². The van der Waals surface area contributed by atoms with Gasteiger partial charge in [-0.15, -0.1) is 0 Å². The van der Waals surface area contributed by atoms with Crippen molar-refractivity contribution < 1.29 is 9.47 Å². The Morgan fingerprint density at radius 3 is 2.53 bits per heavy atom. The first-order chi connectivity index (χ1) is 7.04. The van der Waals surface area contributed by atoms with Crippen LogP contribution >= 0.6 is 23.2 Å². The molecule has 1 unspecified atom stereocenters. The lowest BCUT2D eigenvalue weighted by molar-refractivity contribution is 0.0719. The normalized spacial score (nSPS) is 12.5. The zero-order valence-electron chi connectivity index (χ0n) is 8.59. The zero-order valence-corrected chi connectivity index (χ0v) is 10.1. The van der Waals surface area contributed by atoms with Crippen LogP contribution in [0.1, 0.15) is 6.92 Å². The maximum absolute atomic E-state index is 5.84. The highest BCUT2D eigenvalue weighted by Gasteiger charge is 2.07. The van der Waals surface area contributed by atoms with Gasteiger partial charge in [0.15, 0.2) is 0 Å². The van der Waals surface area contributed by atoms with Crippen molar-refractivity contribution in [3.63, 3.8) is 0 Å². The Morgan fingerprint density at radius 1 is 1.33 bits per heavy atom. The van der Waals surface area contributed by atoms with E-state index in [0.29, 0.717) is 28.1 Å². The molecule has 2 N–H and O–H groups in total. The summed E-state index contributed by atoms with van der Waals surface area (Å²) in [5, 5.41) is 0.840. The lowest BCUT2D eigenvalue weighted by Crippen LogP contribution is -2.16. The van der Waals surface area contributed by atoms with Crippen LogP contribution in [0.25, 0.3) is 0 Å². The summed E-state index contributed by atoms with van der Waals surface area (Å²) in [7, 11) is 1.62. The fourth-order valence-corrected chi connectivity index (χ4v) is 1.27. The number of methoxy groups -OCH3 is 1. The molecule has 1 atom stereocenters. The Balaban J connectivity index is 2.73. The van der Waals surface area contributed by atoms with Gasteiger partial charge in [0.2, 0.25) is 0 Å². The molecule has 0 radical (unpaired) electrons. The standard InChI is InChI=1S/C10H13Cl2NO2/c1-6(14-2)5-15-10-4-8(12)7(11)3-9(10)13/h3-4,6H,5,13H2,1-2H3. The van der Waals surface area contributed by atoms with Crippen LogP contribution in [-0.2, 0) is 4.74 Å². The van der Waals surface area contributed by atoms with E-state index in [-0.39, 0.29) is 6.10 Å². The van der Waals surface area contributed by atoms with Crippen LogP contribution in [0.4, 0.5) is 5.69 Å². The monoisotopic (exact) mass is 249 g/mol. The minimum atomic E-state index is -0.00106. The second kappa shape index (κ2) is 5.45. The van der Waals surface area contributed by atoms with E-state index in [1.54, 1.807) is 19.2 Å². The molecule has 0 aliphatic heterocycles. The van der Waals surface area contributed by atoms with Crippen LogP contribution in [0.15, 0.2) is 12.1 Å². The Hall–Kier alpha value is -0.640. The molecule has 0 spiro atoms. The van der Waals surface area contributed by atoms with Crippen molar-refractivity contribution in [2.24, 2.45) is 0 Å². The Labute approximate surface area is 99.1 Å². The molecule has 0 fully saturated rings. The summed E-state index contributed by atoms with van der Waals surface area (Å²) in [6, 6.07) is 3.16. The molecular formula is C10H13Cl2NO2. The van der Waals surface area contributed by atoms with E-state index in [4.69, 9.17) is 38.4 Å². The number of halogens is 2. The van der Waals surface area contributed by atoms with Gasteiger partial charge in [0.1, 0.15) is 12.4 Å². The summed E-state index contributed by atoms with van der Waals surface area (Å²) >= 11 is 11.6. The van der Waals surface area contributed by atoms with Gasteiger partial charge >= 0.3 is 0 Å². The molecular weight excluding hydrogens is 237 g/mol. The van der Waals surface area contributed by atoms with E-state index in [9.17, 15) is 0 Å². The van der Waals surface area contributed by atoms with Gasteiger partial charge in [0, 0.05) is 13.2 Å². The van der Waals surface area contributed by atoms with E-state index in [2.05, 4.69) is 0 Å². The molecule has 3 nitrogen and oxygen atoms in total. The Kier molecular flexibility index (Phi) is 4.51. The fourth-order valence-electron chi connectivity index (χ4n) is 0.944. The number of rotatable bonds is 4. The summed E-state index contributed by atoms with van der Waals surface area (Å²) in [5.74, 6) is 0.522. The quantitative estimate of drug-likeness (QED) is 0.835. The van der Waals surface area contributed by atoms with E-state index in [1.165, 1.54) is 0 Å². The Morgan fingerprint density at radius 2 is 1.93 bits per heavy atom. The molecule has 1 aromatic rings. The number of hydrogen-bond donors (Lipinski definition) is 1. The highest BCUT2D eigenvalue weighted by Crippen LogP contribution is 2.32. The number of nitrogens with two attached hydrogens (primary N) is 1. The van der Waals surface area contributed by atoms with E-state index < -0.39 is 0 Å². The largest absolute Gasteiger partial charge is 0.489 e. The third-order valence-corrected chi connectivity index (χ3v) is 2.65. The molecule has 0 bridgehead atoms. The first kappa shape index (κ1) is 12.4. The van der Waals surface area contributed by atoms with Crippen LogP contribution in [0.2, 0.25) is 10.0 Å². The number of nitrogen functional groups attached to an aromatic ring is 1. The van der Waals surface area contributed by atoms with Crippen LogP contribution in [0.3, 0.4) is 0 Å². The number of hydrogen-bond acceptors (Lipinski definition) is 3. The molecule has 84 valence electrons. The first-order valence-corrected chi connectivity index (χ1v) is 5.20. The van der Waals surface area contributed by atoms with Crippen molar-refractivity contribution in [3.05, 3.63) is 22.2 Å². The molecule has 0 aromatic heterocycles. The van der Waals surface area contributed by atoms with Gasteiger partial charge in [-0.05, 0) is 13.0 Å². The first-order valence-electron chi connectivity index (χ1n) is 4.44. The molecule has 15 heavy (non-hydrogen) atoms. The molecule has 0 saturated carbocycles. The van der Waals surface area contributed by atoms with Crippen LogP contribution in [0.5, 0.6) is 5.75 Å². The third-order valence-electron chi connectivity index (χ3n) is 1.93. The average molecular weight is 250 g/mol. The minimum Gasteiger partial charge on any atom is -0.489 e. The Bertz CT molecular complexity index is 344. The van der Waals surface area contributed by atoms with Gasteiger partial charge in [-0.1, -0.05) is 23.2 Å². The zero-order chi connectivity index (χ0) is 11.4. The van der Waals surface area contributed by atoms with Crippen LogP contribution < -0.4 is 10.5 Å². The lowest BCUT2D eigenvalue weighted by Gasteiger charge is -2.13. The molecule has 1 rings (SSSR count). The predicted molar refractivity (Wildman–Crippen MR) is 62.8 cm³/mol. The fraction of sp³-hybridized carbons (Fsp3) is 0.400. The number of anilines is 1. The average Bonchev–Trinajstić information content (AvgIpc) is 2.21. The van der Waals surface area contributed by atoms with Crippen molar-refractivity contribution in [1.82, 2.24) is 0 Å². The minimum absolute atomic E-state index is 0.00106. The summed E-state index contributed by atoms with van der Waals surface area (Å²) in [4.78, 5) is 0. The molecule has 0 saturated heterocycles. The van der Waals surface area contributed by atoms with Crippen molar-refractivity contribution in [3.8, 4) is 5.75 Å². The maximum atomic E-state index is 5.84. The third kappa shape index (κ3) is 3.45. The SMILES string of the molecule is COC(C)COc1cc(Cl)c(Cl)cc1N. The molecule has 0 heterocycles. The second-order valence-electron chi connectivity index (χ2n) is 3.16. The van der Waals surface area contributed by atoms with E-state index >= 15 is 0 Å². The summed E-state index contributed by atoms with van der Waals surface area (Å²) < 4.78 is 10.5. The van der Waals surface area contributed by atoms with Gasteiger partial charge in [0.05, 0.1) is 21.8 Å². The smallest absolute Gasteiger partial charge is 0.143 e. The van der Waals surface area contributed by atoms with Crippen molar-refractivity contribution in [1.29, 1.82) is 0 Å². The maximum Gasteiger partial charge on any atom is 0.143 e. The summed E-state index contributed by atoms with van der Waals surface area (Å²) in [6.45, 7) is 2.31. The highest BCUT2D eigenvalue weighted by molar-refractivity contribution is 6.42. The molecule has 0 amide bonds. The van der Waals surface area contributed by atoms with Gasteiger partial charge < -0.3 is 15.2 Å². The second-order valence-corrected chi connectivity index (χ2v) is 3.98. The van der Waals surface area contributed by atoms with Crippen LogP contribution in [0, 0.1) is 0 Å². The van der Waals surface area contributed by atoms with Gasteiger partial charge in [-0.25, -0.2) is 0 Å². The summed E-state index contributed by atoms with van der Waals surface area (Å²) in [5.41, 5.74) is 6.17. The number of ether oxygens (including phenoxy) is 2. The summed E-state index contributed by atoms with van der Waals surface area (Å²) in [6.07, 6.45) is -0.00106.